The maximum Gasteiger partial charge on any atom is 0.236 e. The summed E-state index contributed by atoms with van der Waals surface area (Å²) < 4.78 is 6.34. The molecule has 0 saturated heterocycles. The van der Waals surface area contributed by atoms with Crippen molar-refractivity contribution >= 4 is 33.4 Å². The maximum atomic E-state index is 12.2. The van der Waals surface area contributed by atoms with E-state index in [1.54, 1.807) is 17.7 Å². The summed E-state index contributed by atoms with van der Waals surface area (Å²) in [5, 5.41) is 6.90. The normalized spacial score (nSPS) is 23.7. The minimum absolute atomic E-state index is 0.0833. The summed E-state index contributed by atoms with van der Waals surface area (Å²) in [5.74, 6) is 0.0269. The fraction of sp³-hybridized carbons (Fsp3) is 0.600. The van der Waals surface area contributed by atoms with E-state index in [0.29, 0.717) is 18.3 Å². The summed E-state index contributed by atoms with van der Waals surface area (Å²) in [7, 11) is 2.01. The molecule has 0 radical (unpaired) electrons. The average Bonchev–Trinajstić information content (AvgIpc) is 3.27. The van der Waals surface area contributed by atoms with Crippen molar-refractivity contribution in [2.75, 3.05) is 13.6 Å². The van der Waals surface area contributed by atoms with E-state index in [-0.39, 0.29) is 24.5 Å². The topological polar surface area (TPSA) is 119 Å². The predicted octanol–water partition coefficient (Wildman–Crippen LogP) is 1.62. The van der Waals surface area contributed by atoms with Crippen molar-refractivity contribution in [1.29, 1.82) is 0 Å². The molecule has 4 rings (SSSR count). The first-order chi connectivity index (χ1) is 14.0. The number of thiophene rings is 1. The SMILES string of the molecule is CNC1CCC(Oc2ncnc3sc4c(c23)[C@@H](CC(=O)NCC(N)=O)CC4)CC1. The third kappa shape index (κ3) is 4.35. The number of hydrogen-bond acceptors (Lipinski definition) is 7. The van der Waals surface area contributed by atoms with E-state index in [2.05, 4.69) is 20.6 Å². The quantitative estimate of drug-likeness (QED) is 0.630. The number of aryl methyl sites for hydroxylation is 1. The van der Waals surface area contributed by atoms with Crippen LogP contribution in [0.1, 0.15) is 54.9 Å². The number of nitrogens with zero attached hydrogens (tertiary/aromatic N) is 2. The second-order valence-corrected chi connectivity index (χ2v) is 8.94. The number of carbonyl (C=O) groups excluding carboxylic acids is 2. The lowest BCUT2D eigenvalue weighted by atomic mass is 9.93. The van der Waals surface area contributed by atoms with E-state index in [1.807, 2.05) is 7.05 Å². The van der Waals surface area contributed by atoms with E-state index in [9.17, 15) is 9.59 Å². The molecule has 2 aliphatic rings. The second kappa shape index (κ2) is 8.62. The summed E-state index contributed by atoms with van der Waals surface area (Å²) in [6.07, 6.45) is 8.08. The highest BCUT2D eigenvalue weighted by atomic mass is 32.1. The molecule has 0 aliphatic heterocycles. The van der Waals surface area contributed by atoms with Gasteiger partial charge in [0.25, 0.3) is 0 Å². The Morgan fingerprint density at radius 2 is 2.03 bits per heavy atom. The van der Waals surface area contributed by atoms with Gasteiger partial charge in [0, 0.05) is 17.3 Å². The number of primary amides is 1. The van der Waals surface area contributed by atoms with Crippen LogP contribution in [-0.2, 0) is 16.0 Å². The van der Waals surface area contributed by atoms with E-state index >= 15 is 0 Å². The molecular weight excluding hydrogens is 390 g/mol. The van der Waals surface area contributed by atoms with Crippen LogP contribution >= 0.6 is 11.3 Å². The van der Waals surface area contributed by atoms with Gasteiger partial charge in [-0.1, -0.05) is 0 Å². The van der Waals surface area contributed by atoms with Gasteiger partial charge in [-0.25, -0.2) is 9.97 Å². The highest BCUT2D eigenvalue weighted by Crippen LogP contribution is 2.47. The van der Waals surface area contributed by atoms with Gasteiger partial charge in [-0.05, 0) is 57.1 Å². The third-order valence-corrected chi connectivity index (χ3v) is 7.12. The number of nitrogens with two attached hydrogens (primary N) is 1. The third-order valence-electron chi connectivity index (χ3n) is 5.95. The lowest BCUT2D eigenvalue weighted by molar-refractivity contribution is -0.125. The zero-order valence-electron chi connectivity index (χ0n) is 16.6. The van der Waals surface area contributed by atoms with Crippen LogP contribution in [0, 0.1) is 0 Å². The van der Waals surface area contributed by atoms with Crippen LogP contribution in [0.15, 0.2) is 6.33 Å². The van der Waals surface area contributed by atoms with Crippen molar-refractivity contribution < 1.29 is 14.3 Å². The van der Waals surface area contributed by atoms with Crippen molar-refractivity contribution in [3.05, 3.63) is 16.8 Å². The van der Waals surface area contributed by atoms with Gasteiger partial charge in [-0.2, -0.15) is 0 Å². The van der Waals surface area contributed by atoms with Crippen molar-refractivity contribution in [1.82, 2.24) is 20.6 Å². The van der Waals surface area contributed by atoms with Gasteiger partial charge in [-0.15, -0.1) is 11.3 Å². The molecule has 2 heterocycles. The largest absolute Gasteiger partial charge is 0.474 e. The van der Waals surface area contributed by atoms with Crippen LogP contribution in [0.4, 0.5) is 0 Å². The number of rotatable bonds is 7. The van der Waals surface area contributed by atoms with Crippen molar-refractivity contribution in [2.45, 2.75) is 63.0 Å². The highest BCUT2D eigenvalue weighted by molar-refractivity contribution is 7.19. The Kier molecular flexibility index (Phi) is 5.96. The summed E-state index contributed by atoms with van der Waals surface area (Å²) in [6.45, 7) is -0.129. The van der Waals surface area contributed by atoms with Crippen LogP contribution in [0.25, 0.3) is 10.2 Å². The van der Waals surface area contributed by atoms with Gasteiger partial charge in [0.1, 0.15) is 17.3 Å². The van der Waals surface area contributed by atoms with Crippen LogP contribution in [-0.4, -0.2) is 47.5 Å². The molecule has 0 aromatic carbocycles. The lowest BCUT2D eigenvalue weighted by Gasteiger charge is -2.28. The van der Waals surface area contributed by atoms with Crippen LogP contribution in [0.3, 0.4) is 0 Å². The summed E-state index contributed by atoms with van der Waals surface area (Å²) >= 11 is 1.67. The molecular formula is C20H27N5O3S. The minimum Gasteiger partial charge on any atom is -0.474 e. The maximum absolute atomic E-state index is 12.2. The molecule has 2 aromatic heterocycles. The molecule has 2 aliphatic carbocycles. The molecule has 8 nitrogen and oxygen atoms in total. The van der Waals surface area contributed by atoms with Gasteiger partial charge >= 0.3 is 0 Å². The molecule has 29 heavy (non-hydrogen) atoms. The Hall–Kier alpha value is -2.26. The Labute approximate surface area is 173 Å². The number of amides is 2. The number of hydrogen-bond donors (Lipinski definition) is 3. The molecule has 1 atom stereocenters. The Morgan fingerprint density at radius 1 is 1.24 bits per heavy atom. The first-order valence-corrected chi connectivity index (χ1v) is 11.0. The smallest absolute Gasteiger partial charge is 0.236 e. The molecule has 2 amide bonds. The fourth-order valence-corrected chi connectivity index (χ4v) is 5.67. The second-order valence-electron chi connectivity index (χ2n) is 7.86. The molecule has 1 fully saturated rings. The monoisotopic (exact) mass is 417 g/mol. The fourth-order valence-electron chi connectivity index (χ4n) is 4.44. The number of nitrogens with one attached hydrogen (secondary N) is 2. The van der Waals surface area contributed by atoms with Gasteiger partial charge in [0.15, 0.2) is 0 Å². The highest BCUT2D eigenvalue weighted by Gasteiger charge is 2.32. The van der Waals surface area contributed by atoms with E-state index in [4.69, 9.17) is 10.5 Å². The number of fused-ring (bicyclic) bond motifs is 3. The summed E-state index contributed by atoms with van der Waals surface area (Å²) in [4.78, 5) is 34.3. The first-order valence-electron chi connectivity index (χ1n) is 10.2. The van der Waals surface area contributed by atoms with Gasteiger partial charge in [0.2, 0.25) is 17.7 Å². The molecule has 2 aromatic rings. The molecule has 156 valence electrons. The number of carbonyl (C=O) groups is 2. The van der Waals surface area contributed by atoms with E-state index in [0.717, 1.165) is 54.3 Å². The standard InChI is InChI=1S/C20H27N5O3S/c1-22-12-3-5-13(6-4-12)28-19-18-17-11(8-16(27)23-9-15(21)26)2-7-14(17)29-20(18)25-10-24-19/h10-13,22H,2-9H2,1H3,(H2,21,26)(H,23,27)/t11-,12?,13?/m1/s1. The van der Waals surface area contributed by atoms with Crippen LogP contribution in [0.5, 0.6) is 5.88 Å². The van der Waals surface area contributed by atoms with Gasteiger partial charge in [-0.3, -0.25) is 9.59 Å². The van der Waals surface area contributed by atoms with Crippen molar-refractivity contribution in [2.24, 2.45) is 5.73 Å². The van der Waals surface area contributed by atoms with Crippen LogP contribution in [0.2, 0.25) is 0 Å². The van der Waals surface area contributed by atoms with Crippen molar-refractivity contribution in [3.8, 4) is 5.88 Å². The molecule has 0 bridgehead atoms. The van der Waals surface area contributed by atoms with E-state index in [1.165, 1.54) is 4.88 Å². The molecule has 0 unspecified atom stereocenters. The van der Waals surface area contributed by atoms with Crippen molar-refractivity contribution in [3.63, 3.8) is 0 Å². The zero-order chi connectivity index (χ0) is 20.4. The number of ether oxygens (including phenoxy) is 1. The molecule has 1 saturated carbocycles. The molecule has 0 spiro atoms. The minimum atomic E-state index is -0.538. The first kappa shape index (κ1) is 20.0. The van der Waals surface area contributed by atoms with Gasteiger partial charge < -0.3 is 21.1 Å². The van der Waals surface area contributed by atoms with Gasteiger partial charge in [0.05, 0.1) is 11.9 Å². The molecule has 4 N–H and O–H groups in total. The zero-order valence-corrected chi connectivity index (χ0v) is 17.4. The summed E-state index contributed by atoms with van der Waals surface area (Å²) in [6, 6.07) is 0.564. The Bertz CT molecular complexity index is 907. The Morgan fingerprint density at radius 3 is 2.76 bits per heavy atom. The Balaban J connectivity index is 1.54. The number of aromatic nitrogens is 2. The molecule has 9 heteroatoms. The lowest BCUT2D eigenvalue weighted by Crippen LogP contribution is -2.34. The van der Waals surface area contributed by atoms with Crippen LogP contribution < -0.4 is 21.1 Å². The average molecular weight is 418 g/mol. The summed E-state index contributed by atoms with van der Waals surface area (Å²) in [5.41, 5.74) is 6.27. The van der Waals surface area contributed by atoms with E-state index < -0.39 is 5.91 Å². The predicted molar refractivity (Wildman–Crippen MR) is 111 cm³/mol.